The molecule has 3 N–H and O–H groups in total. The largest absolute Gasteiger partial charge is 0.392 e. The standard InChI is InChI=1S/C21H30ClN5O2.HI/c1-3-23-20(25-14-21(2)11-5-4-9-17(21)28)24-12-10-18-26-19(27-29-18)15-7-6-8-16(22)13-15;/h6-8,13,17,28H,3-5,9-12,14H2,1-2H3,(H2,23,24,25);1H. The molecular weight excluding hydrogens is 517 g/mol. The number of aromatic nitrogens is 2. The van der Waals surface area contributed by atoms with Crippen molar-refractivity contribution in [3.63, 3.8) is 0 Å². The van der Waals surface area contributed by atoms with Crippen molar-refractivity contribution in [1.82, 2.24) is 20.8 Å². The molecule has 0 aliphatic heterocycles. The second-order valence-corrected chi connectivity index (χ2v) is 8.25. The van der Waals surface area contributed by atoms with E-state index >= 15 is 0 Å². The number of halogens is 2. The number of guanidine groups is 1. The zero-order chi connectivity index (χ0) is 20.7. The predicted molar refractivity (Wildman–Crippen MR) is 130 cm³/mol. The molecule has 0 amide bonds. The molecule has 1 aromatic heterocycles. The molecule has 1 aliphatic rings. The van der Waals surface area contributed by atoms with Gasteiger partial charge in [-0.1, -0.05) is 48.7 Å². The van der Waals surface area contributed by atoms with Crippen LogP contribution in [-0.2, 0) is 6.42 Å². The highest BCUT2D eigenvalue weighted by Gasteiger charge is 2.35. The number of nitrogens with one attached hydrogen (secondary N) is 2. The summed E-state index contributed by atoms with van der Waals surface area (Å²) in [7, 11) is 0. The highest BCUT2D eigenvalue weighted by atomic mass is 127. The van der Waals surface area contributed by atoms with Crippen molar-refractivity contribution in [2.75, 3.05) is 19.6 Å². The highest BCUT2D eigenvalue weighted by Crippen LogP contribution is 2.36. The first-order valence-electron chi connectivity index (χ1n) is 10.3. The Morgan fingerprint density at radius 3 is 2.93 bits per heavy atom. The fourth-order valence-electron chi connectivity index (χ4n) is 3.56. The van der Waals surface area contributed by atoms with E-state index in [1.807, 2.05) is 31.2 Å². The monoisotopic (exact) mass is 547 g/mol. The maximum absolute atomic E-state index is 10.4. The van der Waals surface area contributed by atoms with E-state index in [0.717, 1.165) is 43.8 Å². The lowest BCUT2D eigenvalue weighted by molar-refractivity contribution is 0.00716. The van der Waals surface area contributed by atoms with Crippen LogP contribution < -0.4 is 10.6 Å². The first-order chi connectivity index (χ1) is 14.0. The van der Waals surface area contributed by atoms with Gasteiger partial charge in [-0.05, 0) is 31.9 Å². The molecule has 2 atom stereocenters. The van der Waals surface area contributed by atoms with Gasteiger partial charge >= 0.3 is 0 Å². The van der Waals surface area contributed by atoms with Crippen LogP contribution in [0.5, 0.6) is 0 Å². The number of aliphatic imine (C=N–C) groups is 1. The van der Waals surface area contributed by atoms with E-state index in [1.54, 1.807) is 0 Å². The van der Waals surface area contributed by atoms with Gasteiger partial charge in [0.25, 0.3) is 0 Å². The zero-order valence-corrected chi connectivity index (χ0v) is 20.6. The Bertz CT molecular complexity index is 831. The summed E-state index contributed by atoms with van der Waals surface area (Å²) in [5.41, 5.74) is 0.675. The summed E-state index contributed by atoms with van der Waals surface area (Å²) in [4.78, 5) is 9.14. The molecule has 1 aliphatic carbocycles. The summed E-state index contributed by atoms with van der Waals surface area (Å²) < 4.78 is 5.35. The summed E-state index contributed by atoms with van der Waals surface area (Å²) >= 11 is 6.02. The lowest BCUT2D eigenvalue weighted by Crippen LogP contribution is -2.42. The molecular formula is C21H31ClIN5O2. The van der Waals surface area contributed by atoms with Crippen LogP contribution in [0.3, 0.4) is 0 Å². The molecule has 166 valence electrons. The average Bonchev–Trinajstić information content (AvgIpc) is 3.18. The van der Waals surface area contributed by atoms with E-state index in [2.05, 4.69) is 27.7 Å². The van der Waals surface area contributed by atoms with Crippen LogP contribution in [0, 0.1) is 5.41 Å². The molecule has 7 nitrogen and oxygen atoms in total. The van der Waals surface area contributed by atoms with Gasteiger partial charge in [-0.2, -0.15) is 4.98 Å². The van der Waals surface area contributed by atoms with E-state index in [0.29, 0.717) is 36.2 Å². The fourth-order valence-corrected chi connectivity index (χ4v) is 3.75. The Kier molecular flexibility index (Phi) is 9.83. The Hall–Kier alpha value is -1.39. The molecule has 0 bridgehead atoms. The molecule has 3 rings (SSSR count). The molecule has 0 spiro atoms. The maximum Gasteiger partial charge on any atom is 0.228 e. The molecule has 1 fully saturated rings. The van der Waals surface area contributed by atoms with E-state index < -0.39 is 0 Å². The number of hydrogen-bond acceptors (Lipinski definition) is 5. The van der Waals surface area contributed by atoms with Crippen LogP contribution in [0.25, 0.3) is 11.4 Å². The van der Waals surface area contributed by atoms with Crippen molar-refractivity contribution < 1.29 is 9.63 Å². The van der Waals surface area contributed by atoms with Gasteiger partial charge in [0.15, 0.2) is 5.96 Å². The van der Waals surface area contributed by atoms with Crippen molar-refractivity contribution in [3.05, 3.63) is 35.2 Å². The SMILES string of the molecule is CCNC(=NCC1(C)CCCCC1O)NCCc1nc(-c2cccc(Cl)c2)no1.I. The van der Waals surface area contributed by atoms with E-state index in [9.17, 15) is 5.11 Å². The number of rotatable bonds is 7. The fraction of sp³-hybridized carbons (Fsp3) is 0.571. The highest BCUT2D eigenvalue weighted by molar-refractivity contribution is 14.0. The quantitative estimate of drug-likeness (QED) is 0.275. The molecule has 0 saturated heterocycles. The van der Waals surface area contributed by atoms with Crippen molar-refractivity contribution in [3.8, 4) is 11.4 Å². The number of benzene rings is 1. The average molecular weight is 548 g/mol. The van der Waals surface area contributed by atoms with Gasteiger partial charge in [-0.15, -0.1) is 24.0 Å². The second kappa shape index (κ2) is 11.9. The van der Waals surface area contributed by atoms with Crippen LogP contribution in [0.15, 0.2) is 33.8 Å². The van der Waals surface area contributed by atoms with Gasteiger partial charge in [-0.3, -0.25) is 4.99 Å². The van der Waals surface area contributed by atoms with Crippen LogP contribution in [0.1, 0.15) is 45.4 Å². The molecule has 1 saturated carbocycles. The molecule has 1 aromatic carbocycles. The van der Waals surface area contributed by atoms with E-state index in [1.165, 1.54) is 0 Å². The first kappa shape index (κ1) is 24.9. The van der Waals surface area contributed by atoms with Gasteiger partial charge in [-0.25, -0.2) is 0 Å². The number of hydrogen-bond donors (Lipinski definition) is 3. The molecule has 2 unspecified atom stereocenters. The van der Waals surface area contributed by atoms with Crippen LogP contribution >= 0.6 is 35.6 Å². The third-order valence-corrected chi connectivity index (χ3v) is 5.64. The first-order valence-corrected chi connectivity index (χ1v) is 10.7. The summed E-state index contributed by atoms with van der Waals surface area (Å²) in [6, 6.07) is 7.38. The van der Waals surface area contributed by atoms with Gasteiger partial charge < -0.3 is 20.3 Å². The number of nitrogens with zero attached hydrogens (tertiary/aromatic N) is 3. The normalized spacial score (nSPS) is 21.7. The lowest BCUT2D eigenvalue weighted by Gasteiger charge is -2.37. The number of aliphatic hydroxyl groups is 1. The predicted octanol–water partition coefficient (Wildman–Crippen LogP) is 4.05. The second-order valence-electron chi connectivity index (χ2n) is 7.81. The minimum atomic E-state index is -0.286. The van der Waals surface area contributed by atoms with Crippen LogP contribution in [-0.4, -0.2) is 46.9 Å². The summed E-state index contributed by atoms with van der Waals surface area (Å²) in [5, 5.41) is 21.6. The summed E-state index contributed by atoms with van der Waals surface area (Å²) in [6.45, 7) is 6.14. The van der Waals surface area contributed by atoms with Crippen LogP contribution in [0.2, 0.25) is 5.02 Å². The number of aliphatic hydroxyl groups excluding tert-OH is 1. The molecule has 2 aromatic rings. The molecule has 0 radical (unpaired) electrons. The van der Waals surface area contributed by atoms with Crippen LogP contribution in [0.4, 0.5) is 0 Å². The molecule has 1 heterocycles. The van der Waals surface area contributed by atoms with E-state index in [4.69, 9.17) is 21.1 Å². The van der Waals surface area contributed by atoms with Crippen molar-refractivity contribution in [2.24, 2.45) is 10.4 Å². The minimum absolute atomic E-state index is 0. The zero-order valence-electron chi connectivity index (χ0n) is 17.5. The lowest BCUT2D eigenvalue weighted by atomic mass is 9.73. The van der Waals surface area contributed by atoms with E-state index in [-0.39, 0.29) is 35.5 Å². The molecule has 30 heavy (non-hydrogen) atoms. The van der Waals surface area contributed by atoms with Crippen molar-refractivity contribution in [2.45, 2.75) is 52.1 Å². The Morgan fingerprint density at radius 1 is 1.37 bits per heavy atom. The van der Waals surface area contributed by atoms with Gasteiger partial charge in [0.2, 0.25) is 11.7 Å². The van der Waals surface area contributed by atoms with Crippen molar-refractivity contribution in [1.29, 1.82) is 0 Å². The third kappa shape index (κ3) is 6.81. The van der Waals surface area contributed by atoms with Gasteiger partial charge in [0, 0.05) is 35.5 Å². The summed E-state index contributed by atoms with van der Waals surface area (Å²) in [5.74, 6) is 1.82. The smallest absolute Gasteiger partial charge is 0.228 e. The van der Waals surface area contributed by atoms with Gasteiger partial charge in [0.05, 0.1) is 12.6 Å². The Balaban J connectivity index is 0.00000320. The topological polar surface area (TPSA) is 95.6 Å². The van der Waals surface area contributed by atoms with Crippen molar-refractivity contribution >= 4 is 41.5 Å². The summed E-state index contributed by atoms with van der Waals surface area (Å²) in [6.07, 6.45) is 4.41. The Labute approximate surface area is 200 Å². The third-order valence-electron chi connectivity index (χ3n) is 5.40. The molecule has 9 heteroatoms. The Morgan fingerprint density at radius 2 is 2.20 bits per heavy atom. The van der Waals surface area contributed by atoms with Gasteiger partial charge in [0.1, 0.15) is 0 Å². The maximum atomic E-state index is 10.4. The minimum Gasteiger partial charge on any atom is -0.392 e.